The van der Waals surface area contributed by atoms with Gasteiger partial charge in [0, 0.05) is 35.3 Å². The summed E-state index contributed by atoms with van der Waals surface area (Å²) in [6.07, 6.45) is 5.96. The van der Waals surface area contributed by atoms with Gasteiger partial charge in [-0.1, -0.05) is 44.0 Å². The minimum absolute atomic E-state index is 0.0612. The first-order chi connectivity index (χ1) is 14.9. The molecule has 6 nitrogen and oxygen atoms in total. The van der Waals surface area contributed by atoms with Crippen LogP contribution in [0.3, 0.4) is 0 Å². The summed E-state index contributed by atoms with van der Waals surface area (Å²) in [5.41, 5.74) is 2.12. The Morgan fingerprint density at radius 3 is 2.71 bits per heavy atom. The van der Waals surface area contributed by atoms with E-state index in [0.717, 1.165) is 42.8 Å². The maximum atomic E-state index is 12.8. The van der Waals surface area contributed by atoms with Crippen molar-refractivity contribution in [2.75, 3.05) is 13.1 Å². The number of carbonyl (C=O) groups is 1. The Balaban J connectivity index is 1.48. The van der Waals surface area contributed by atoms with Crippen molar-refractivity contribution in [2.24, 2.45) is 0 Å². The molecule has 1 saturated carbocycles. The summed E-state index contributed by atoms with van der Waals surface area (Å²) >= 11 is 6.14. The van der Waals surface area contributed by atoms with E-state index in [9.17, 15) is 9.59 Å². The molecule has 31 heavy (non-hydrogen) atoms. The molecule has 0 spiro atoms. The summed E-state index contributed by atoms with van der Waals surface area (Å²) in [4.78, 5) is 28.0. The lowest BCUT2D eigenvalue weighted by atomic mass is 9.89. The van der Waals surface area contributed by atoms with Crippen molar-refractivity contribution in [3.8, 4) is 11.1 Å². The van der Waals surface area contributed by atoms with E-state index in [2.05, 4.69) is 15.3 Å². The second-order valence-corrected chi connectivity index (χ2v) is 9.53. The number of nitrogens with zero attached hydrogens (tertiary/aromatic N) is 3. The highest BCUT2D eigenvalue weighted by molar-refractivity contribution is 6.30. The lowest BCUT2D eigenvalue weighted by Crippen LogP contribution is -2.53. The van der Waals surface area contributed by atoms with Gasteiger partial charge in [-0.2, -0.15) is 5.10 Å². The van der Waals surface area contributed by atoms with Crippen molar-refractivity contribution in [3.63, 3.8) is 0 Å². The smallest absolute Gasteiger partial charge is 0.267 e. The first-order valence-corrected chi connectivity index (χ1v) is 11.7. The number of rotatable bonds is 6. The molecule has 166 valence electrons. The van der Waals surface area contributed by atoms with Crippen LogP contribution in [0.1, 0.15) is 57.6 Å². The van der Waals surface area contributed by atoms with Crippen molar-refractivity contribution in [3.05, 3.63) is 51.4 Å². The minimum Gasteiger partial charge on any atom is -0.350 e. The monoisotopic (exact) mass is 442 g/mol. The summed E-state index contributed by atoms with van der Waals surface area (Å²) in [5.74, 6) is -0.0569. The Morgan fingerprint density at radius 2 is 2.03 bits per heavy atom. The molecule has 1 amide bonds. The summed E-state index contributed by atoms with van der Waals surface area (Å²) in [5, 5.41) is 8.31. The molecule has 4 rings (SSSR count). The predicted molar refractivity (Wildman–Crippen MR) is 123 cm³/mol. The van der Waals surface area contributed by atoms with E-state index in [1.165, 1.54) is 23.9 Å². The summed E-state index contributed by atoms with van der Waals surface area (Å²) in [6, 6.07) is 9.82. The van der Waals surface area contributed by atoms with Crippen LogP contribution in [0.15, 0.2) is 35.1 Å². The maximum Gasteiger partial charge on any atom is 0.267 e. The van der Waals surface area contributed by atoms with Crippen molar-refractivity contribution in [1.82, 2.24) is 20.0 Å². The standard InChI is InChI=1S/C24H31ClN4O2/c1-16(2)24-21(17-6-3-7-18(25)12-17)13-23(31)29(27-24)15-22(30)26-19-8-5-11-28(14-19)20-9-4-10-20/h3,6-7,12-13,16,19-20H,4-5,8-11,14-15H2,1-2H3,(H,26,30)/t19-/m0/s1. The molecule has 1 saturated heterocycles. The second-order valence-electron chi connectivity index (χ2n) is 9.09. The van der Waals surface area contributed by atoms with Gasteiger partial charge in [0.2, 0.25) is 5.91 Å². The van der Waals surface area contributed by atoms with Crippen molar-refractivity contribution >= 4 is 17.5 Å². The molecule has 2 fully saturated rings. The molecule has 1 N–H and O–H groups in total. The molecule has 0 bridgehead atoms. The van der Waals surface area contributed by atoms with Gasteiger partial charge in [0.1, 0.15) is 6.54 Å². The Labute approximate surface area is 188 Å². The Bertz CT molecular complexity index is 999. The van der Waals surface area contributed by atoms with Crippen molar-refractivity contribution in [1.29, 1.82) is 0 Å². The van der Waals surface area contributed by atoms with Gasteiger partial charge in [-0.25, -0.2) is 4.68 Å². The molecule has 1 atom stereocenters. The van der Waals surface area contributed by atoms with Gasteiger partial charge >= 0.3 is 0 Å². The fourth-order valence-corrected chi connectivity index (χ4v) is 4.74. The number of halogens is 1. The Morgan fingerprint density at radius 1 is 1.23 bits per heavy atom. The lowest BCUT2D eigenvalue weighted by Gasteiger charge is -2.42. The zero-order chi connectivity index (χ0) is 22.0. The molecule has 7 heteroatoms. The third kappa shape index (κ3) is 5.18. The first-order valence-electron chi connectivity index (χ1n) is 11.3. The molecule has 0 radical (unpaired) electrons. The topological polar surface area (TPSA) is 67.2 Å². The maximum absolute atomic E-state index is 12.8. The molecular weight excluding hydrogens is 412 g/mol. The molecule has 0 unspecified atom stereocenters. The van der Waals surface area contributed by atoms with E-state index in [4.69, 9.17) is 11.6 Å². The fourth-order valence-electron chi connectivity index (χ4n) is 4.55. The van der Waals surface area contributed by atoms with E-state index < -0.39 is 0 Å². The number of hydrogen-bond donors (Lipinski definition) is 1. The van der Waals surface area contributed by atoms with Crippen molar-refractivity contribution in [2.45, 2.75) is 70.5 Å². The highest BCUT2D eigenvalue weighted by atomic mass is 35.5. The minimum atomic E-state index is -0.283. The SMILES string of the molecule is CC(C)c1nn(CC(=O)N[C@H]2CCCN(C3CCC3)C2)c(=O)cc1-c1cccc(Cl)c1. The van der Waals surface area contributed by atoms with Crippen LogP contribution in [0.25, 0.3) is 11.1 Å². The van der Waals surface area contributed by atoms with Gasteiger partial charge < -0.3 is 5.32 Å². The molecule has 2 heterocycles. The van der Waals surface area contributed by atoms with Gasteiger partial charge in [-0.3, -0.25) is 14.5 Å². The molecular formula is C24H31ClN4O2. The highest BCUT2D eigenvalue weighted by Crippen LogP contribution is 2.29. The Hall–Kier alpha value is -2.18. The molecule has 2 aliphatic rings. The second kappa shape index (κ2) is 9.53. The van der Waals surface area contributed by atoms with Crippen molar-refractivity contribution < 1.29 is 4.79 Å². The van der Waals surface area contributed by atoms with E-state index in [1.54, 1.807) is 12.1 Å². The molecule has 1 aromatic heterocycles. The number of amides is 1. The number of hydrogen-bond acceptors (Lipinski definition) is 4. The van der Waals surface area contributed by atoms with Gasteiger partial charge in [-0.15, -0.1) is 0 Å². The van der Waals surface area contributed by atoms with Crippen LogP contribution >= 0.6 is 11.6 Å². The zero-order valence-electron chi connectivity index (χ0n) is 18.3. The number of benzene rings is 1. The van der Waals surface area contributed by atoms with Crippen LogP contribution in [-0.2, 0) is 11.3 Å². The summed E-state index contributed by atoms with van der Waals surface area (Å²) in [7, 11) is 0. The van der Waals surface area contributed by atoms with Gasteiger partial charge in [0.05, 0.1) is 5.69 Å². The average Bonchev–Trinajstić information content (AvgIpc) is 2.68. The third-order valence-electron chi connectivity index (χ3n) is 6.41. The van der Waals surface area contributed by atoms with E-state index >= 15 is 0 Å². The molecule has 2 aromatic rings. The fraction of sp³-hybridized carbons (Fsp3) is 0.542. The van der Waals surface area contributed by atoms with Crippen LogP contribution in [-0.4, -0.2) is 45.8 Å². The Kier molecular flexibility index (Phi) is 6.77. The van der Waals surface area contributed by atoms with Gasteiger partial charge in [-0.05, 0) is 55.8 Å². The summed E-state index contributed by atoms with van der Waals surface area (Å²) < 4.78 is 1.28. The predicted octanol–water partition coefficient (Wildman–Crippen LogP) is 3.82. The van der Waals surface area contributed by atoms with Gasteiger partial charge in [0.25, 0.3) is 5.56 Å². The lowest BCUT2D eigenvalue weighted by molar-refractivity contribution is -0.123. The number of carbonyl (C=O) groups excluding carboxylic acids is 1. The largest absolute Gasteiger partial charge is 0.350 e. The molecule has 1 aromatic carbocycles. The van der Waals surface area contributed by atoms with E-state index in [0.29, 0.717) is 11.1 Å². The van der Waals surface area contributed by atoms with E-state index in [-0.39, 0.29) is 30.0 Å². The molecule has 1 aliphatic heterocycles. The van der Waals surface area contributed by atoms with E-state index in [1.807, 2.05) is 32.0 Å². The average molecular weight is 443 g/mol. The highest BCUT2D eigenvalue weighted by Gasteiger charge is 2.30. The van der Waals surface area contributed by atoms with Crippen LogP contribution < -0.4 is 10.9 Å². The van der Waals surface area contributed by atoms with Crippen LogP contribution in [0.5, 0.6) is 0 Å². The zero-order valence-corrected chi connectivity index (χ0v) is 19.1. The first kappa shape index (κ1) is 22.0. The quantitative estimate of drug-likeness (QED) is 0.738. The third-order valence-corrected chi connectivity index (χ3v) is 6.65. The number of nitrogens with one attached hydrogen (secondary N) is 1. The number of aromatic nitrogens is 2. The van der Waals surface area contributed by atoms with Crippen LogP contribution in [0.2, 0.25) is 5.02 Å². The number of piperidine rings is 1. The summed E-state index contributed by atoms with van der Waals surface area (Å²) in [6.45, 7) is 6.03. The molecule has 1 aliphatic carbocycles. The van der Waals surface area contributed by atoms with Crippen LogP contribution in [0, 0.1) is 0 Å². The van der Waals surface area contributed by atoms with Gasteiger partial charge in [0.15, 0.2) is 0 Å². The normalized spacial score (nSPS) is 19.9. The number of likely N-dealkylation sites (tertiary alicyclic amines) is 1. The van der Waals surface area contributed by atoms with Crippen LogP contribution in [0.4, 0.5) is 0 Å².